The Morgan fingerprint density at radius 3 is 2.38 bits per heavy atom. The zero-order chi connectivity index (χ0) is 15.5. The molecule has 0 fully saturated rings. The molecule has 0 heterocycles. The second-order valence-corrected chi connectivity index (χ2v) is 6.98. The summed E-state index contributed by atoms with van der Waals surface area (Å²) in [5.41, 5.74) is 0.426. The molecular weight excluding hydrogens is 314 g/mol. The normalized spacial score (nSPS) is 12.8. The molecule has 5 nitrogen and oxygen atoms in total. The van der Waals surface area contributed by atoms with E-state index in [0.717, 1.165) is 6.07 Å². The van der Waals surface area contributed by atoms with Crippen molar-refractivity contribution >= 4 is 27.1 Å². The Hall–Kier alpha value is -1.92. The number of sulfone groups is 1. The number of alkyl halides is 1. The van der Waals surface area contributed by atoms with Crippen LogP contribution in [0.15, 0.2) is 59.5 Å². The summed E-state index contributed by atoms with van der Waals surface area (Å²) >= 11 is 6.13. The topological polar surface area (TPSA) is 77.3 Å². The van der Waals surface area contributed by atoms with Gasteiger partial charge >= 0.3 is 0 Å². The van der Waals surface area contributed by atoms with Crippen LogP contribution < -0.4 is 0 Å². The molecule has 2 aromatic rings. The predicted octanol–water partition coefficient (Wildman–Crippen LogP) is 3.35. The maximum absolute atomic E-state index is 12.3. The Labute approximate surface area is 127 Å². The molecule has 21 heavy (non-hydrogen) atoms. The quantitative estimate of drug-likeness (QED) is 0.480. The number of nitrogens with zero attached hydrogens (tertiary/aromatic N) is 1. The Morgan fingerprint density at radius 1 is 1.10 bits per heavy atom. The largest absolute Gasteiger partial charge is 0.270 e. The van der Waals surface area contributed by atoms with Crippen LogP contribution in [0.2, 0.25) is 0 Å². The fraction of sp³-hybridized carbons (Fsp3) is 0.143. The van der Waals surface area contributed by atoms with Crippen molar-refractivity contribution < 1.29 is 13.3 Å². The Morgan fingerprint density at radius 2 is 1.76 bits per heavy atom. The number of benzene rings is 2. The van der Waals surface area contributed by atoms with E-state index in [2.05, 4.69) is 0 Å². The molecule has 7 heteroatoms. The van der Waals surface area contributed by atoms with Gasteiger partial charge in [0, 0.05) is 12.1 Å². The van der Waals surface area contributed by atoms with Gasteiger partial charge in [-0.05, 0) is 11.6 Å². The molecule has 2 aromatic carbocycles. The first-order chi connectivity index (χ1) is 9.90. The summed E-state index contributed by atoms with van der Waals surface area (Å²) < 4.78 is 24.6. The maximum atomic E-state index is 12.3. The molecular formula is C14H12ClNO4S. The summed E-state index contributed by atoms with van der Waals surface area (Å²) in [6.07, 6.45) is 0. The Kier molecular flexibility index (Phi) is 4.59. The molecule has 0 saturated heterocycles. The van der Waals surface area contributed by atoms with Gasteiger partial charge in [0.15, 0.2) is 9.84 Å². The average molecular weight is 326 g/mol. The molecule has 0 N–H and O–H groups in total. The third kappa shape index (κ3) is 3.80. The highest BCUT2D eigenvalue weighted by Gasteiger charge is 2.22. The van der Waals surface area contributed by atoms with Crippen LogP contribution in [0.4, 0.5) is 5.69 Å². The zero-order valence-electron chi connectivity index (χ0n) is 10.8. The molecule has 0 aliphatic carbocycles. The van der Waals surface area contributed by atoms with Gasteiger partial charge in [-0.3, -0.25) is 10.1 Å². The molecule has 1 unspecified atom stereocenters. The average Bonchev–Trinajstić information content (AvgIpc) is 2.48. The summed E-state index contributed by atoms with van der Waals surface area (Å²) in [6, 6.07) is 13.8. The Bertz CT molecular complexity index is 747. The van der Waals surface area contributed by atoms with Crippen molar-refractivity contribution in [1.29, 1.82) is 0 Å². The van der Waals surface area contributed by atoms with E-state index in [9.17, 15) is 18.5 Å². The lowest BCUT2D eigenvalue weighted by molar-refractivity contribution is -0.385. The number of hydrogen-bond acceptors (Lipinski definition) is 4. The van der Waals surface area contributed by atoms with Gasteiger partial charge in [0.2, 0.25) is 0 Å². The van der Waals surface area contributed by atoms with E-state index in [4.69, 9.17) is 11.6 Å². The van der Waals surface area contributed by atoms with Gasteiger partial charge in [0.05, 0.1) is 20.9 Å². The number of halogens is 1. The van der Waals surface area contributed by atoms with Crippen molar-refractivity contribution in [1.82, 2.24) is 0 Å². The monoisotopic (exact) mass is 325 g/mol. The molecule has 0 bridgehead atoms. The van der Waals surface area contributed by atoms with E-state index in [1.54, 1.807) is 24.3 Å². The minimum Gasteiger partial charge on any atom is -0.258 e. The smallest absolute Gasteiger partial charge is 0.258 e. The van der Waals surface area contributed by atoms with Crippen molar-refractivity contribution in [3.63, 3.8) is 0 Å². The number of nitro groups is 1. The van der Waals surface area contributed by atoms with E-state index in [-0.39, 0.29) is 16.3 Å². The summed E-state index contributed by atoms with van der Waals surface area (Å²) in [4.78, 5) is 9.98. The molecule has 110 valence electrons. The van der Waals surface area contributed by atoms with Crippen LogP contribution in [-0.2, 0) is 9.84 Å². The molecule has 0 saturated carbocycles. The predicted molar refractivity (Wildman–Crippen MR) is 80.2 cm³/mol. The second kappa shape index (κ2) is 6.24. The van der Waals surface area contributed by atoms with Crippen molar-refractivity contribution in [2.75, 3.05) is 5.75 Å². The fourth-order valence-corrected chi connectivity index (χ4v) is 3.84. The lowest BCUT2D eigenvalue weighted by Crippen LogP contribution is -2.11. The third-order valence-corrected chi connectivity index (χ3v) is 5.25. The van der Waals surface area contributed by atoms with Gasteiger partial charge in [-0.1, -0.05) is 36.4 Å². The number of hydrogen-bond donors (Lipinski definition) is 0. The van der Waals surface area contributed by atoms with Gasteiger partial charge in [-0.15, -0.1) is 11.6 Å². The summed E-state index contributed by atoms with van der Waals surface area (Å²) in [7, 11) is -3.70. The first kappa shape index (κ1) is 15.5. The molecule has 0 aromatic heterocycles. The molecule has 1 atom stereocenters. The van der Waals surface area contributed by atoms with E-state index < -0.39 is 20.1 Å². The van der Waals surface area contributed by atoms with Crippen LogP contribution in [0, 0.1) is 10.1 Å². The standard InChI is InChI=1S/C14H12ClNO4S/c15-14(11-5-2-1-3-6-11)10-21(19,20)13-8-4-7-12(9-13)16(17)18/h1-9,14H,10H2. The molecule has 2 rings (SSSR count). The molecule has 0 radical (unpaired) electrons. The first-order valence-corrected chi connectivity index (χ1v) is 8.15. The maximum Gasteiger partial charge on any atom is 0.270 e. The van der Waals surface area contributed by atoms with Crippen LogP contribution >= 0.6 is 11.6 Å². The number of non-ortho nitro benzene ring substituents is 1. The van der Waals surface area contributed by atoms with Crippen molar-refractivity contribution in [2.45, 2.75) is 10.3 Å². The first-order valence-electron chi connectivity index (χ1n) is 6.06. The van der Waals surface area contributed by atoms with E-state index in [1.807, 2.05) is 6.07 Å². The highest BCUT2D eigenvalue weighted by atomic mass is 35.5. The van der Waals surface area contributed by atoms with Crippen LogP contribution in [0.3, 0.4) is 0 Å². The van der Waals surface area contributed by atoms with Crippen molar-refractivity contribution in [2.24, 2.45) is 0 Å². The summed E-state index contributed by atoms with van der Waals surface area (Å²) in [5.74, 6) is -0.320. The lowest BCUT2D eigenvalue weighted by Gasteiger charge is -2.10. The highest BCUT2D eigenvalue weighted by molar-refractivity contribution is 7.91. The highest BCUT2D eigenvalue weighted by Crippen LogP contribution is 2.26. The van der Waals surface area contributed by atoms with Gasteiger partial charge in [0.1, 0.15) is 0 Å². The third-order valence-electron chi connectivity index (χ3n) is 2.91. The fourth-order valence-electron chi connectivity index (χ4n) is 1.84. The lowest BCUT2D eigenvalue weighted by atomic mass is 10.2. The summed E-state index contributed by atoms with van der Waals surface area (Å²) in [5, 5.41) is 10.00. The minimum atomic E-state index is -3.70. The van der Waals surface area contributed by atoms with Crippen LogP contribution in [-0.4, -0.2) is 19.1 Å². The van der Waals surface area contributed by atoms with Gasteiger partial charge in [0.25, 0.3) is 5.69 Å². The molecule has 0 aliphatic heterocycles. The Balaban J connectivity index is 2.26. The van der Waals surface area contributed by atoms with E-state index in [1.165, 1.54) is 18.2 Å². The second-order valence-electron chi connectivity index (χ2n) is 4.41. The SMILES string of the molecule is O=[N+]([O-])c1cccc(S(=O)(=O)CC(Cl)c2ccccc2)c1. The van der Waals surface area contributed by atoms with Crippen LogP contribution in [0.1, 0.15) is 10.9 Å². The van der Waals surface area contributed by atoms with Crippen LogP contribution in [0.5, 0.6) is 0 Å². The van der Waals surface area contributed by atoms with Crippen molar-refractivity contribution in [3.05, 3.63) is 70.3 Å². The number of rotatable bonds is 5. The zero-order valence-corrected chi connectivity index (χ0v) is 12.4. The molecule has 0 spiro atoms. The summed E-state index contributed by atoms with van der Waals surface area (Å²) in [6.45, 7) is 0. The number of nitro benzene ring substituents is 1. The molecule has 0 aliphatic rings. The van der Waals surface area contributed by atoms with E-state index >= 15 is 0 Å². The van der Waals surface area contributed by atoms with Crippen LogP contribution in [0.25, 0.3) is 0 Å². The van der Waals surface area contributed by atoms with Gasteiger partial charge < -0.3 is 0 Å². The molecule has 0 amide bonds. The minimum absolute atomic E-state index is 0.0988. The van der Waals surface area contributed by atoms with Crippen molar-refractivity contribution in [3.8, 4) is 0 Å². The van der Waals surface area contributed by atoms with Gasteiger partial charge in [-0.25, -0.2) is 8.42 Å². The van der Waals surface area contributed by atoms with E-state index in [0.29, 0.717) is 5.56 Å². The van der Waals surface area contributed by atoms with Gasteiger partial charge in [-0.2, -0.15) is 0 Å².